The molecule has 11 heteroatoms. The van der Waals surface area contributed by atoms with Gasteiger partial charge in [0, 0.05) is 12.5 Å². The fourth-order valence-electron chi connectivity index (χ4n) is 4.62. The Hall–Kier alpha value is -3.06. The van der Waals surface area contributed by atoms with Gasteiger partial charge in [-0.3, -0.25) is 4.79 Å². The van der Waals surface area contributed by atoms with E-state index >= 15 is 0 Å². The number of alkyl carbamates (subject to hydrolysis) is 1. The Morgan fingerprint density at radius 1 is 0.622 bits per heavy atom. The van der Waals surface area contributed by atoms with Crippen LogP contribution in [0.15, 0.2) is 48.5 Å². The third-order valence-corrected chi connectivity index (χ3v) is 6.59. The molecule has 0 bridgehead atoms. The summed E-state index contributed by atoms with van der Waals surface area (Å²) in [6, 6.07) is 16.5. The highest BCUT2D eigenvalue weighted by Gasteiger charge is 2.28. The highest BCUT2D eigenvalue weighted by Crippen LogP contribution is 2.44. The number of ether oxygens (including phenoxy) is 8. The predicted octanol–water partition coefficient (Wildman–Crippen LogP) is 4.36. The van der Waals surface area contributed by atoms with Crippen molar-refractivity contribution in [3.05, 3.63) is 59.7 Å². The molecule has 0 saturated carbocycles. The standard InChI is InChI=1S/C34H49NO10/c1-34(2,3)45-32(36)12-14-38-16-18-40-20-22-42-24-25-43-23-21-41-19-17-39-15-13-35-33(37)44-26-31-29-10-6-4-8-27(29)28-9-5-7-11-30(28)31/h4-11,31H,12-26H2,1-3H3,(H,35,37). The largest absolute Gasteiger partial charge is 0.460 e. The van der Waals surface area contributed by atoms with Gasteiger partial charge in [0.15, 0.2) is 0 Å². The van der Waals surface area contributed by atoms with Crippen LogP contribution in [0.2, 0.25) is 0 Å². The summed E-state index contributed by atoms with van der Waals surface area (Å²) < 4.78 is 43.4. The molecule has 0 unspecified atom stereocenters. The molecule has 250 valence electrons. The smallest absolute Gasteiger partial charge is 0.407 e. The number of carbonyl (C=O) groups excluding carboxylic acids is 2. The minimum Gasteiger partial charge on any atom is -0.460 e. The maximum absolute atomic E-state index is 12.2. The minimum absolute atomic E-state index is 0.0370. The molecule has 0 aromatic heterocycles. The van der Waals surface area contributed by atoms with E-state index in [4.69, 9.17) is 37.9 Å². The van der Waals surface area contributed by atoms with Gasteiger partial charge in [0.25, 0.3) is 0 Å². The maximum atomic E-state index is 12.2. The van der Waals surface area contributed by atoms with E-state index in [1.54, 1.807) is 0 Å². The van der Waals surface area contributed by atoms with Crippen LogP contribution >= 0.6 is 0 Å². The zero-order chi connectivity index (χ0) is 32.2. The average Bonchev–Trinajstić information content (AvgIpc) is 3.33. The van der Waals surface area contributed by atoms with Crippen molar-refractivity contribution in [3.8, 4) is 11.1 Å². The van der Waals surface area contributed by atoms with Crippen molar-refractivity contribution >= 4 is 12.1 Å². The van der Waals surface area contributed by atoms with Gasteiger partial charge in [0.05, 0.1) is 85.7 Å². The molecule has 0 heterocycles. The van der Waals surface area contributed by atoms with Crippen LogP contribution in [0, 0.1) is 0 Å². The van der Waals surface area contributed by atoms with E-state index in [2.05, 4.69) is 29.6 Å². The monoisotopic (exact) mass is 631 g/mol. The first-order valence-corrected chi connectivity index (χ1v) is 15.6. The second-order valence-electron chi connectivity index (χ2n) is 11.3. The van der Waals surface area contributed by atoms with Gasteiger partial charge in [0.2, 0.25) is 0 Å². The van der Waals surface area contributed by atoms with E-state index in [1.807, 2.05) is 45.0 Å². The molecule has 0 spiro atoms. The zero-order valence-electron chi connectivity index (χ0n) is 26.9. The van der Waals surface area contributed by atoms with Gasteiger partial charge < -0.3 is 43.2 Å². The number of carbonyl (C=O) groups is 2. The third kappa shape index (κ3) is 14.7. The number of benzene rings is 2. The predicted molar refractivity (Wildman–Crippen MR) is 168 cm³/mol. The Labute approximate surface area is 266 Å². The molecule has 0 aliphatic heterocycles. The summed E-state index contributed by atoms with van der Waals surface area (Å²) in [7, 11) is 0. The molecule has 0 saturated heterocycles. The van der Waals surface area contributed by atoms with Crippen LogP contribution in [0.1, 0.15) is 44.2 Å². The van der Waals surface area contributed by atoms with Crippen molar-refractivity contribution in [2.75, 3.05) is 92.4 Å². The minimum atomic E-state index is -0.478. The number of rotatable bonds is 23. The summed E-state index contributed by atoms with van der Waals surface area (Å²) in [6.45, 7) is 11.3. The van der Waals surface area contributed by atoms with Gasteiger partial charge in [-0.15, -0.1) is 0 Å². The van der Waals surface area contributed by atoms with Crippen molar-refractivity contribution in [1.29, 1.82) is 0 Å². The molecule has 1 N–H and O–H groups in total. The van der Waals surface area contributed by atoms with Crippen LogP contribution in [-0.4, -0.2) is 110 Å². The van der Waals surface area contributed by atoms with E-state index in [9.17, 15) is 9.59 Å². The Morgan fingerprint density at radius 3 is 1.51 bits per heavy atom. The van der Waals surface area contributed by atoms with Gasteiger partial charge in [-0.05, 0) is 43.0 Å². The summed E-state index contributed by atoms with van der Waals surface area (Å²) in [5.74, 6) is -0.232. The summed E-state index contributed by atoms with van der Waals surface area (Å²) >= 11 is 0. The SMILES string of the molecule is CC(C)(C)OC(=O)CCOCCOCCOCCOCCOCCOCCNC(=O)OCC1c2ccccc2-c2ccccc21. The molecule has 1 amide bonds. The molecule has 2 aromatic rings. The molecule has 3 rings (SSSR count). The first kappa shape index (κ1) is 36.4. The van der Waals surface area contributed by atoms with Crippen molar-refractivity contribution in [2.24, 2.45) is 0 Å². The van der Waals surface area contributed by atoms with Crippen LogP contribution in [0.4, 0.5) is 4.79 Å². The molecule has 11 nitrogen and oxygen atoms in total. The summed E-state index contributed by atoms with van der Waals surface area (Å²) in [5.41, 5.74) is 4.29. The Kier molecular flexibility index (Phi) is 16.9. The Bertz CT molecular complexity index is 1090. The third-order valence-electron chi connectivity index (χ3n) is 6.59. The first-order valence-electron chi connectivity index (χ1n) is 15.6. The summed E-state index contributed by atoms with van der Waals surface area (Å²) in [6.07, 6.45) is -0.228. The number of esters is 1. The molecule has 45 heavy (non-hydrogen) atoms. The number of amides is 1. The van der Waals surface area contributed by atoms with Crippen LogP contribution in [0.25, 0.3) is 11.1 Å². The van der Waals surface area contributed by atoms with Crippen LogP contribution in [0.3, 0.4) is 0 Å². The van der Waals surface area contributed by atoms with Crippen molar-refractivity contribution in [3.63, 3.8) is 0 Å². The molecule has 2 aromatic carbocycles. The normalized spacial score (nSPS) is 12.5. The van der Waals surface area contributed by atoms with Crippen molar-refractivity contribution in [1.82, 2.24) is 5.32 Å². The second-order valence-corrected chi connectivity index (χ2v) is 11.3. The fourth-order valence-corrected chi connectivity index (χ4v) is 4.62. The van der Waals surface area contributed by atoms with E-state index in [-0.39, 0.29) is 24.9 Å². The van der Waals surface area contributed by atoms with E-state index < -0.39 is 11.7 Å². The van der Waals surface area contributed by atoms with Gasteiger partial charge in [-0.25, -0.2) is 4.79 Å². The lowest BCUT2D eigenvalue weighted by molar-refractivity contribution is -0.156. The van der Waals surface area contributed by atoms with E-state index in [0.717, 1.165) is 0 Å². The summed E-state index contributed by atoms with van der Waals surface area (Å²) in [5, 5.41) is 2.73. The topological polar surface area (TPSA) is 120 Å². The molecular formula is C34H49NO10. The molecule has 1 aliphatic rings. The van der Waals surface area contributed by atoms with Crippen molar-refractivity contribution in [2.45, 2.75) is 38.7 Å². The Morgan fingerprint density at radius 2 is 1.04 bits per heavy atom. The van der Waals surface area contributed by atoms with Gasteiger partial charge in [0.1, 0.15) is 12.2 Å². The highest BCUT2D eigenvalue weighted by atomic mass is 16.6. The second kappa shape index (κ2) is 20.9. The summed E-state index contributed by atoms with van der Waals surface area (Å²) in [4.78, 5) is 23.8. The first-order chi connectivity index (χ1) is 21.8. The maximum Gasteiger partial charge on any atom is 0.407 e. The average molecular weight is 632 g/mol. The number of hydrogen-bond donors (Lipinski definition) is 1. The lowest BCUT2D eigenvalue weighted by atomic mass is 9.98. The van der Waals surface area contributed by atoms with Crippen LogP contribution in [0.5, 0.6) is 0 Å². The van der Waals surface area contributed by atoms with Gasteiger partial charge in [-0.1, -0.05) is 48.5 Å². The quantitative estimate of drug-likeness (QED) is 0.140. The number of fused-ring (bicyclic) bond motifs is 3. The van der Waals surface area contributed by atoms with E-state index in [0.29, 0.717) is 85.8 Å². The van der Waals surface area contributed by atoms with E-state index in [1.165, 1.54) is 22.3 Å². The molecule has 1 aliphatic carbocycles. The molecule has 0 atom stereocenters. The lowest BCUT2D eigenvalue weighted by Crippen LogP contribution is -2.29. The highest BCUT2D eigenvalue weighted by molar-refractivity contribution is 5.79. The lowest BCUT2D eigenvalue weighted by Gasteiger charge is -2.19. The fraction of sp³-hybridized carbons (Fsp3) is 0.588. The molecule has 0 fully saturated rings. The molecular weight excluding hydrogens is 582 g/mol. The van der Waals surface area contributed by atoms with Gasteiger partial charge in [-0.2, -0.15) is 0 Å². The van der Waals surface area contributed by atoms with Crippen LogP contribution in [-0.2, 0) is 42.7 Å². The van der Waals surface area contributed by atoms with Crippen LogP contribution < -0.4 is 5.32 Å². The Balaban J connectivity index is 1.03. The number of hydrogen-bond acceptors (Lipinski definition) is 10. The van der Waals surface area contributed by atoms with Crippen molar-refractivity contribution < 1.29 is 47.5 Å². The number of nitrogens with one attached hydrogen (secondary N) is 1. The molecule has 0 radical (unpaired) electrons. The van der Waals surface area contributed by atoms with Gasteiger partial charge >= 0.3 is 12.1 Å². The zero-order valence-corrected chi connectivity index (χ0v) is 26.9.